The van der Waals surface area contributed by atoms with E-state index in [2.05, 4.69) is 9.79 Å². The van der Waals surface area contributed by atoms with Crippen molar-refractivity contribution in [3.63, 3.8) is 0 Å². The van der Waals surface area contributed by atoms with Gasteiger partial charge in [0.2, 0.25) is 0 Å². The van der Waals surface area contributed by atoms with E-state index in [1.807, 2.05) is 0 Å². The Bertz CT molecular complexity index is 572. The number of likely N-dealkylation sites (tertiary alicyclic amines) is 1. The molecular formula is C14H21FN2O3S. The molecule has 7 heteroatoms. The molecule has 0 radical (unpaired) electrons. The van der Waals surface area contributed by atoms with Gasteiger partial charge < -0.3 is 4.90 Å². The first kappa shape index (κ1) is 16.4. The van der Waals surface area contributed by atoms with Crippen molar-refractivity contribution in [3.05, 3.63) is 29.6 Å². The van der Waals surface area contributed by atoms with Crippen molar-refractivity contribution in [3.8, 4) is 0 Å². The van der Waals surface area contributed by atoms with Crippen molar-refractivity contribution >= 4 is 10.0 Å². The Morgan fingerprint density at radius 1 is 1.29 bits per heavy atom. The van der Waals surface area contributed by atoms with Crippen LogP contribution in [-0.2, 0) is 14.9 Å². The second-order valence-corrected chi connectivity index (χ2v) is 6.86. The van der Waals surface area contributed by atoms with Crippen molar-refractivity contribution in [2.24, 2.45) is 0 Å². The molecule has 21 heavy (non-hydrogen) atoms. The van der Waals surface area contributed by atoms with Crippen LogP contribution in [0.4, 0.5) is 4.39 Å². The zero-order chi connectivity index (χ0) is 15.3. The third-order valence-electron chi connectivity index (χ3n) is 3.55. The molecule has 2 rings (SSSR count). The average Bonchev–Trinajstić information content (AvgIpc) is 2.44. The second-order valence-electron chi connectivity index (χ2n) is 5.25. The molecule has 1 N–H and O–H groups in total. The molecule has 0 saturated carbocycles. The highest BCUT2D eigenvalue weighted by Crippen LogP contribution is 2.15. The molecule has 5 nitrogen and oxygen atoms in total. The van der Waals surface area contributed by atoms with Crippen LogP contribution in [0.3, 0.4) is 0 Å². The minimum absolute atomic E-state index is 0.0295. The topological polar surface area (TPSA) is 58.6 Å². The molecule has 0 aliphatic carbocycles. The summed E-state index contributed by atoms with van der Waals surface area (Å²) in [6, 6.07) is 3.54. The predicted molar refractivity (Wildman–Crippen MR) is 77.7 cm³/mol. The Morgan fingerprint density at radius 3 is 2.67 bits per heavy atom. The van der Waals surface area contributed by atoms with Gasteiger partial charge in [0.25, 0.3) is 10.0 Å². The summed E-state index contributed by atoms with van der Waals surface area (Å²) in [7, 11) is -3.77. The van der Waals surface area contributed by atoms with E-state index >= 15 is 0 Å². The number of benzene rings is 1. The summed E-state index contributed by atoms with van der Waals surface area (Å²) in [5.74, 6) is -0.461. The number of aryl methyl sites for hydroxylation is 1. The van der Waals surface area contributed by atoms with E-state index in [1.54, 1.807) is 6.92 Å². The molecule has 1 aromatic carbocycles. The zero-order valence-electron chi connectivity index (χ0n) is 12.1. The molecule has 0 atom stereocenters. The molecule has 0 bridgehead atoms. The van der Waals surface area contributed by atoms with Gasteiger partial charge in [0.15, 0.2) is 0 Å². The number of sulfonamides is 1. The van der Waals surface area contributed by atoms with E-state index in [-0.39, 0.29) is 4.90 Å². The third-order valence-corrected chi connectivity index (χ3v) is 4.93. The number of rotatable bonds is 6. The summed E-state index contributed by atoms with van der Waals surface area (Å²) < 4.78 is 37.1. The van der Waals surface area contributed by atoms with Crippen molar-refractivity contribution in [2.75, 3.05) is 26.2 Å². The predicted octanol–water partition coefficient (Wildman–Crippen LogP) is 1.83. The molecule has 1 aliphatic heterocycles. The van der Waals surface area contributed by atoms with Crippen LogP contribution in [0.2, 0.25) is 0 Å². The number of hydrogen-bond acceptors (Lipinski definition) is 4. The van der Waals surface area contributed by atoms with Gasteiger partial charge >= 0.3 is 0 Å². The molecule has 118 valence electrons. The first-order valence-electron chi connectivity index (χ1n) is 7.11. The standard InChI is InChI=1S/C14H21FN2O3S/c1-12-11-13(15)5-6-14(12)21(18,19)16-20-10-9-17-7-3-2-4-8-17/h5-6,11,16H,2-4,7-10H2,1H3. The SMILES string of the molecule is Cc1cc(F)ccc1S(=O)(=O)NOCCN1CCCCC1. The fourth-order valence-electron chi connectivity index (χ4n) is 2.44. The normalized spacial score (nSPS) is 17.0. The van der Waals surface area contributed by atoms with Crippen LogP contribution in [0.1, 0.15) is 24.8 Å². The maximum absolute atomic E-state index is 13.0. The van der Waals surface area contributed by atoms with Crippen LogP contribution in [0.25, 0.3) is 0 Å². The van der Waals surface area contributed by atoms with Gasteiger partial charge in [-0.2, -0.15) is 0 Å². The van der Waals surface area contributed by atoms with Gasteiger partial charge in [0, 0.05) is 6.54 Å². The Kier molecular flexibility index (Phi) is 5.69. The van der Waals surface area contributed by atoms with Crippen LogP contribution in [0.5, 0.6) is 0 Å². The highest BCUT2D eigenvalue weighted by molar-refractivity contribution is 7.89. The molecule has 0 spiro atoms. The monoisotopic (exact) mass is 316 g/mol. The second kappa shape index (κ2) is 7.31. The van der Waals surface area contributed by atoms with Crippen molar-refractivity contribution in [1.29, 1.82) is 0 Å². The van der Waals surface area contributed by atoms with Gasteiger partial charge in [-0.25, -0.2) is 12.8 Å². The minimum Gasteiger partial charge on any atom is -0.301 e. The largest absolute Gasteiger partial charge is 0.301 e. The first-order valence-corrected chi connectivity index (χ1v) is 8.59. The summed E-state index contributed by atoms with van der Waals surface area (Å²) in [6.45, 7) is 4.61. The highest BCUT2D eigenvalue weighted by Gasteiger charge is 2.17. The average molecular weight is 316 g/mol. The fraction of sp³-hybridized carbons (Fsp3) is 0.571. The Morgan fingerprint density at radius 2 is 2.00 bits per heavy atom. The maximum atomic E-state index is 13.0. The van der Waals surface area contributed by atoms with Crippen LogP contribution < -0.4 is 4.89 Å². The quantitative estimate of drug-likeness (QED) is 0.642. The molecule has 1 aliphatic rings. The molecule has 0 aromatic heterocycles. The van der Waals surface area contributed by atoms with Gasteiger partial charge in [0.05, 0.1) is 11.5 Å². The number of nitrogens with one attached hydrogen (secondary N) is 1. The fourth-order valence-corrected chi connectivity index (χ4v) is 3.49. The van der Waals surface area contributed by atoms with Crippen LogP contribution in [0.15, 0.2) is 23.1 Å². The lowest BCUT2D eigenvalue weighted by Gasteiger charge is -2.25. The smallest absolute Gasteiger partial charge is 0.262 e. The van der Waals surface area contributed by atoms with Crippen molar-refractivity contribution in [2.45, 2.75) is 31.1 Å². The Labute approximate surface area is 125 Å². The lowest BCUT2D eigenvalue weighted by atomic mass is 10.1. The molecule has 1 aromatic rings. The number of piperidine rings is 1. The minimum atomic E-state index is -3.77. The van der Waals surface area contributed by atoms with E-state index in [9.17, 15) is 12.8 Å². The summed E-state index contributed by atoms with van der Waals surface area (Å²) in [5, 5.41) is 0. The van der Waals surface area contributed by atoms with E-state index in [1.165, 1.54) is 31.4 Å². The van der Waals surface area contributed by atoms with Crippen LogP contribution >= 0.6 is 0 Å². The third kappa shape index (κ3) is 4.74. The van der Waals surface area contributed by atoms with Gasteiger partial charge in [-0.15, -0.1) is 0 Å². The van der Waals surface area contributed by atoms with Gasteiger partial charge in [-0.3, -0.25) is 4.84 Å². The Hall–Kier alpha value is -1.02. The highest BCUT2D eigenvalue weighted by atomic mass is 32.2. The molecule has 1 heterocycles. The summed E-state index contributed by atoms with van der Waals surface area (Å²) in [6.07, 6.45) is 3.62. The lowest BCUT2D eigenvalue weighted by Crippen LogP contribution is -2.35. The summed E-state index contributed by atoms with van der Waals surface area (Å²) in [4.78, 5) is 9.45. The van der Waals surface area contributed by atoms with E-state index in [4.69, 9.17) is 4.84 Å². The molecule has 1 fully saturated rings. The van der Waals surface area contributed by atoms with E-state index in [0.29, 0.717) is 18.7 Å². The van der Waals surface area contributed by atoms with Gasteiger partial charge in [-0.1, -0.05) is 11.3 Å². The molecule has 0 unspecified atom stereocenters. The molecule has 0 amide bonds. The molecule has 1 saturated heterocycles. The summed E-state index contributed by atoms with van der Waals surface area (Å²) >= 11 is 0. The summed E-state index contributed by atoms with van der Waals surface area (Å²) in [5.41, 5.74) is 0.349. The van der Waals surface area contributed by atoms with Gasteiger partial charge in [-0.05, 0) is 56.6 Å². The van der Waals surface area contributed by atoms with Crippen molar-refractivity contribution in [1.82, 2.24) is 9.79 Å². The van der Waals surface area contributed by atoms with Crippen LogP contribution in [-0.4, -0.2) is 39.6 Å². The van der Waals surface area contributed by atoms with E-state index < -0.39 is 15.8 Å². The van der Waals surface area contributed by atoms with E-state index in [0.717, 1.165) is 19.2 Å². The molecular weight excluding hydrogens is 295 g/mol. The van der Waals surface area contributed by atoms with Crippen molar-refractivity contribution < 1.29 is 17.6 Å². The number of nitrogens with zero attached hydrogens (tertiary/aromatic N) is 1. The van der Waals surface area contributed by atoms with Crippen LogP contribution in [0, 0.1) is 12.7 Å². The zero-order valence-corrected chi connectivity index (χ0v) is 13.0. The maximum Gasteiger partial charge on any atom is 0.262 e. The first-order chi connectivity index (χ1) is 9.99. The number of hydrogen-bond donors (Lipinski definition) is 1. The lowest BCUT2D eigenvalue weighted by molar-refractivity contribution is 0.0656. The Balaban J connectivity index is 1.83. The number of halogens is 1. The van der Waals surface area contributed by atoms with Gasteiger partial charge in [0.1, 0.15) is 5.82 Å².